The average molecular weight is 375 g/mol. The van der Waals surface area contributed by atoms with E-state index in [1.54, 1.807) is 30.3 Å². The van der Waals surface area contributed by atoms with Crippen molar-refractivity contribution in [2.75, 3.05) is 19.8 Å². The van der Waals surface area contributed by atoms with E-state index in [1.165, 1.54) is 13.8 Å². The summed E-state index contributed by atoms with van der Waals surface area (Å²) in [5.74, 6) is -3.71. The zero-order valence-corrected chi connectivity index (χ0v) is 15.5. The monoisotopic (exact) mass is 375 g/mol. The van der Waals surface area contributed by atoms with E-state index in [9.17, 15) is 14.4 Å². The lowest BCUT2D eigenvalue weighted by Crippen LogP contribution is -2.49. The van der Waals surface area contributed by atoms with E-state index in [0.717, 1.165) is 0 Å². The van der Waals surface area contributed by atoms with Crippen LogP contribution in [0.2, 0.25) is 0 Å². The molecule has 1 heterocycles. The predicted octanol–water partition coefficient (Wildman–Crippen LogP) is 2.03. The van der Waals surface area contributed by atoms with Gasteiger partial charge in [-0.2, -0.15) is 0 Å². The summed E-state index contributed by atoms with van der Waals surface area (Å²) in [5, 5.41) is 11.9. The number of rotatable bonds is 8. The molecular formula is C20H25NO6. The maximum atomic E-state index is 11.9. The van der Waals surface area contributed by atoms with Crippen LogP contribution < -0.4 is 5.32 Å². The molecule has 0 aliphatic carbocycles. The molecule has 27 heavy (non-hydrogen) atoms. The summed E-state index contributed by atoms with van der Waals surface area (Å²) in [5.41, 5.74) is 0.598. The molecular weight excluding hydrogens is 350 g/mol. The van der Waals surface area contributed by atoms with Gasteiger partial charge in [0.15, 0.2) is 0 Å². The number of hydrogen-bond donors (Lipinski definition) is 2. The van der Waals surface area contributed by atoms with Crippen LogP contribution >= 0.6 is 0 Å². The highest BCUT2D eigenvalue weighted by atomic mass is 16.7. The van der Waals surface area contributed by atoms with Crippen molar-refractivity contribution in [2.24, 2.45) is 11.8 Å². The van der Waals surface area contributed by atoms with E-state index in [-0.39, 0.29) is 30.8 Å². The van der Waals surface area contributed by atoms with Gasteiger partial charge in [0.25, 0.3) is 11.7 Å². The van der Waals surface area contributed by atoms with E-state index in [1.807, 2.05) is 12.1 Å². The van der Waals surface area contributed by atoms with Gasteiger partial charge in [0, 0.05) is 30.9 Å². The second-order valence-electron chi connectivity index (χ2n) is 6.61. The molecule has 2 N–H and O–H groups in total. The van der Waals surface area contributed by atoms with Crippen LogP contribution in [0.4, 0.5) is 0 Å². The predicted molar refractivity (Wildman–Crippen MR) is 98.1 cm³/mol. The Hall–Kier alpha value is -2.51. The number of carbonyl (C=O) groups excluding carboxylic acids is 2. The first-order chi connectivity index (χ1) is 12.8. The molecule has 0 bridgehead atoms. The van der Waals surface area contributed by atoms with Crippen molar-refractivity contribution in [3.05, 3.63) is 48.0 Å². The Morgan fingerprint density at radius 2 is 1.89 bits per heavy atom. The second kappa shape index (κ2) is 9.43. The number of carboxylic acid groups (broad SMARTS) is 1. The van der Waals surface area contributed by atoms with Gasteiger partial charge in [-0.3, -0.25) is 9.59 Å². The highest BCUT2D eigenvalue weighted by Gasteiger charge is 2.42. The molecule has 1 saturated heterocycles. The van der Waals surface area contributed by atoms with Crippen LogP contribution in [0, 0.1) is 11.8 Å². The molecule has 0 saturated carbocycles. The Bertz CT molecular complexity index is 692. The summed E-state index contributed by atoms with van der Waals surface area (Å²) in [6.45, 7) is 3.53. The third kappa shape index (κ3) is 5.74. The molecule has 0 spiro atoms. The molecule has 7 nitrogen and oxygen atoms in total. The Kier molecular flexibility index (Phi) is 7.27. The van der Waals surface area contributed by atoms with Crippen molar-refractivity contribution in [3.8, 4) is 0 Å². The summed E-state index contributed by atoms with van der Waals surface area (Å²) in [7, 11) is 0. The highest BCUT2D eigenvalue weighted by Crippen LogP contribution is 2.27. The molecule has 0 radical (unpaired) electrons. The number of benzene rings is 1. The van der Waals surface area contributed by atoms with Crippen LogP contribution in [0.1, 0.15) is 30.6 Å². The fourth-order valence-electron chi connectivity index (χ4n) is 2.78. The number of hydrogen-bond acceptors (Lipinski definition) is 5. The minimum atomic E-state index is -1.66. The number of Topliss-reactive ketones (excluding diaryl/α,β-unsaturated/α-hetero) is 1. The summed E-state index contributed by atoms with van der Waals surface area (Å²) in [6, 6.07) is 8.93. The lowest BCUT2D eigenvalue weighted by atomic mass is 9.89. The number of ketones is 1. The Balaban J connectivity index is 1.81. The number of aliphatic carboxylic acids is 1. The van der Waals surface area contributed by atoms with E-state index in [0.29, 0.717) is 18.5 Å². The molecule has 1 atom stereocenters. The van der Waals surface area contributed by atoms with Gasteiger partial charge in [0.05, 0.1) is 13.2 Å². The van der Waals surface area contributed by atoms with E-state index in [4.69, 9.17) is 14.6 Å². The fraction of sp³-hybridized carbons (Fsp3) is 0.450. The van der Waals surface area contributed by atoms with Crippen molar-refractivity contribution < 1.29 is 29.0 Å². The molecule has 1 unspecified atom stereocenters. The van der Waals surface area contributed by atoms with Gasteiger partial charge in [-0.25, -0.2) is 4.79 Å². The number of nitrogens with one attached hydrogen (secondary N) is 1. The zero-order valence-electron chi connectivity index (χ0n) is 15.5. The molecule has 7 heteroatoms. The van der Waals surface area contributed by atoms with E-state index in [2.05, 4.69) is 5.32 Å². The fourth-order valence-corrected chi connectivity index (χ4v) is 2.78. The lowest BCUT2D eigenvalue weighted by molar-refractivity contribution is -0.272. The third-order valence-corrected chi connectivity index (χ3v) is 4.49. The highest BCUT2D eigenvalue weighted by molar-refractivity contribution is 5.94. The van der Waals surface area contributed by atoms with Crippen LogP contribution in [0.5, 0.6) is 0 Å². The first kappa shape index (κ1) is 20.8. The van der Waals surface area contributed by atoms with E-state index < -0.39 is 17.7 Å². The molecule has 1 amide bonds. The Morgan fingerprint density at radius 3 is 2.44 bits per heavy atom. The van der Waals surface area contributed by atoms with Crippen molar-refractivity contribution in [1.29, 1.82) is 0 Å². The number of ether oxygens (including phenoxy) is 2. The molecule has 1 aromatic carbocycles. The zero-order chi connectivity index (χ0) is 19.9. The van der Waals surface area contributed by atoms with E-state index >= 15 is 0 Å². The SMILES string of the molecule is CC(=O)C(/C=C/CCNC(=O)c1ccccc1)C1COC(C)(C(=O)O)OC1. The van der Waals surface area contributed by atoms with Gasteiger partial charge in [-0.05, 0) is 25.5 Å². The largest absolute Gasteiger partial charge is 0.477 e. The lowest BCUT2D eigenvalue weighted by Gasteiger charge is -2.36. The normalized spacial score (nSPS) is 23.7. The Labute approximate surface area is 158 Å². The molecule has 1 aromatic rings. The number of amides is 1. The number of carbonyl (C=O) groups is 3. The summed E-state index contributed by atoms with van der Waals surface area (Å²) in [6.07, 6.45) is 4.18. The summed E-state index contributed by atoms with van der Waals surface area (Å²) in [4.78, 5) is 35.0. The molecule has 1 fully saturated rings. The van der Waals surface area contributed by atoms with Crippen molar-refractivity contribution in [2.45, 2.75) is 26.1 Å². The second-order valence-corrected chi connectivity index (χ2v) is 6.61. The number of carboxylic acids is 1. The van der Waals surface area contributed by atoms with Gasteiger partial charge in [-0.1, -0.05) is 30.4 Å². The smallest absolute Gasteiger partial charge is 0.364 e. The van der Waals surface area contributed by atoms with Crippen LogP contribution in [-0.2, 0) is 19.1 Å². The maximum Gasteiger partial charge on any atom is 0.364 e. The third-order valence-electron chi connectivity index (χ3n) is 4.49. The van der Waals surface area contributed by atoms with Crippen molar-refractivity contribution in [3.63, 3.8) is 0 Å². The van der Waals surface area contributed by atoms with Gasteiger partial charge in [0.1, 0.15) is 5.78 Å². The van der Waals surface area contributed by atoms with Crippen LogP contribution in [0.25, 0.3) is 0 Å². The molecule has 146 valence electrons. The summed E-state index contributed by atoms with van der Waals surface area (Å²) < 4.78 is 10.6. The topological polar surface area (TPSA) is 102 Å². The molecule has 2 rings (SSSR count). The van der Waals surface area contributed by atoms with Crippen LogP contribution in [-0.4, -0.2) is 48.3 Å². The quantitative estimate of drug-likeness (QED) is 0.532. The molecule has 1 aliphatic heterocycles. The van der Waals surface area contributed by atoms with Crippen molar-refractivity contribution >= 4 is 17.7 Å². The van der Waals surface area contributed by atoms with Gasteiger partial charge < -0.3 is 19.9 Å². The average Bonchev–Trinajstić information content (AvgIpc) is 2.66. The standard InChI is InChI=1S/C20H25NO6/c1-14(22)17(16-12-26-20(2,19(24)25)27-13-16)10-6-7-11-21-18(23)15-8-4-3-5-9-15/h3-6,8-10,16-17H,7,11-13H2,1-2H3,(H,21,23)(H,24,25)/b10-6+. The van der Waals surface area contributed by atoms with Crippen LogP contribution in [0.15, 0.2) is 42.5 Å². The molecule has 0 aromatic heterocycles. The Morgan fingerprint density at radius 1 is 1.26 bits per heavy atom. The first-order valence-corrected chi connectivity index (χ1v) is 8.85. The van der Waals surface area contributed by atoms with Gasteiger partial charge >= 0.3 is 5.97 Å². The van der Waals surface area contributed by atoms with Gasteiger partial charge in [-0.15, -0.1) is 0 Å². The molecule has 1 aliphatic rings. The van der Waals surface area contributed by atoms with Gasteiger partial charge in [0.2, 0.25) is 0 Å². The maximum absolute atomic E-state index is 11.9. The number of allylic oxidation sites excluding steroid dienone is 1. The minimum Gasteiger partial charge on any atom is -0.477 e. The van der Waals surface area contributed by atoms with Crippen LogP contribution in [0.3, 0.4) is 0 Å². The first-order valence-electron chi connectivity index (χ1n) is 8.85. The minimum absolute atomic E-state index is 0.0456. The summed E-state index contributed by atoms with van der Waals surface area (Å²) >= 11 is 0. The van der Waals surface area contributed by atoms with Crippen molar-refractivity contribution in [1.82, 2.24) is 5.32 Å².